The van der Waals surface area contributed by atoms with Crippen molar-refractivity contribution in [1.29, 1.82) is 5.26 Å². The normalized spacial score (nSPS) is 11.2. The first kappa shape index (κ1) is 14.2. The van der Waals surface area contributed by atoms with Crippen LogP contribution < -0.4 is 4.72 Å². The quantitative estimate of drug-likeness (QED) is 0.911. The third-order valence-electron chi connectivity index (χ3n) is 2.61. The van der Waals surface area contributed by atoms with Crippen molar-refractivity contribution in [2.24, 2.45) is 0 Å². The molecule has 1 aromatic carbocycles. The van der Waals surface area contributed by atoms with Gasteiger partial charge in [-0.15, -0.1) is 0 Å². The van der Waals surface area contributed by atoms with Gasteiger partial charge in [0.15, 0.2) is 0 Å². The maximum atomic E-state index is 13.1. The molecule has 0 bridgehead atoms. The first-order chi connectivity index (χ1) is 9.53. The van der Waals surface area contributed by atoms with Gasteiger partial charge in [-0.3, -0.25) is 0 Å². The van der Waals surface area contributed by atoms with Crippen LogP contribution in [0.3, 0.4) is 0 Å². The van der Waals surface area contributed by atoms with E-state index in [-0.39, 0.29) is 17.0 Å². The lowest BCUT2D eigenvalue weighted by Crippen LogP contribution is -2.26. The first-order valence-corrected chi connectivity index (χ1v) is 7.23. The van der Waals surface area contributed by atoms with E-state index >= 15 is 0 Å². The Kier molecular flexibility index (Phi) is 4.17. The molecule has 5 nitrogen and oxygen atoms in total. The highest BCUT2D eigenvalue weighted by Crippen LogP contribution is 2.14. The average molecular weight is 294 g/mol. The summed E-state index contributed by atoms with van der Waals surface area (Å²) in [6.45, 7) is 0.148. The van der Waals surface area contributed by atoms with Crippen LogP contribution >= 0.6 is 0 Å². The van der Waals surface area contributed by atoms with Crippen molar-refractivity contribution in [3.05, 3.63) is 53.7 Å². The summed E-state index contributed by atoms with van der Waals surface area (Å²) < 4.78 is 44.5. The summed E-state index contributed by atoms with van der Waals surface area (Å²) in [5, 5.41) is 8.69. The summed E-state index contributed by atoms with van der Waals surface area (Å²) in [5.74, 6) is -0.0912. The second-order valence-corrected chi connectivity index (χ2v) is 5.75. The highest BCUT2D eigenvalue weighted by Gasteiger charge is 2.16. The molecule has 20 heavy (non-hydrogen) atoms. The average Bonchev–Trinajstić information content (AvgIpc) is 2.92. The monoisotopic (exact) mass is 294 g/mol. The highest BCUT2D eigenvalue weighted by molar-refractivity contribution is 7.89. The molecule has 0 amide bonds. The summed E-state index contributed by atoms with van der Waals surface area (Å²) in [7, 11) is -3.77. The lowest BCUT2D eigenvalue weighted by molar-refractivity contribution is 0.506. The van der Waals surface area contributed by atoms with E-state index in [0.717, 1.165) is 18.2 Å². The number of rotatable bonds is 5. The molecule has 104 valence electrons. The molecule has 1 aromatic heterocycles. The zero-order valence-corrected chi connectivity index (χ0v) is 11.2. The third kappa shape index (κ3) is 3.23. The number of hydrogen-bond donors (Lipinski definition) is 1. The standard InChI is InChI=1S/C13H11FN2O3S/c14-13-4-3-12(8-10(13)9-15)20(17,18)16-6-5-11-2-1-7-19-11/h1-4,7-8,16H,5-6H2. The Hall–Kier alpha value is -2.17. The van der Waals surface area contributed by atoms with Gasteiger partial charge in [-0.1, -0.05) is 0 Å². The van der Waals surface area contributed by atoms with E-state index in [1.165, 1.54) is 6.26 Å². The minimum absolute atomic E-state index is 0.144. The number of sulfonamides is 1. The van der Waals surface area contributed by atoms with Crippen LogP contribution in [0.4, 0.5) is 4.39 Å². The molecular formula is C13H11FN2O3S. The van der Waals surface area contributed by atoms with Gasteiger partial charge in [-0.2, -0.15) is 5.26 Å². The van der Waals surface area contributed by atoms with Crippen molar-refractivity contribution in [3.63, 3.8) is 0 Å². The van der Waals surface area contributed by atoms with E-state index in [1.807, 2.05) is 0 Å². The minimum Gasteiger partial charge on any atom is -0.469 e. The number of halogens is 1. The maximum absolute atomic E-state index is 13.1. The van der Waals surface area contributed by atoms with Crippen LogP contribution in [0, 0.1) is 17.1 Å². The van der Waals surface area contributed by atoms with Gasteiger partial charge >= 0.3 is 0 Å². The number of benzene rings is 1. The molecule has 7 heteroatoms. The minimum atomic E-state index is -3.77. The van der Waals surface area contributed by atoms with E-state index in [1.54, 1.807) is 18.2 Å². The summed E-state index contributed by atoms with van der Waals surface area (Å²) >= 11 is 0. The number of hydrogen-bond acceptors (Lipinski definition) is 4. The largest absolute Gasteiger partial charge is 0.469 e. The number of nitriles is 1. The molecule has 0 radical (unpaired) electrons. The molecule has 1 heterocycles. The molecular weight excluding hydrogens is 283 g/mol. The van der Waals surface area contributed by atoms with Crippen molar-refractivity contribution >= 4 is 10.0 Å². The molecule has 2 aromatic rings. The van der Waals surface area contributed by atoms with Gasteiger partial charge < -0.3 is 4.42 Å². The van der Waals surface area contributed by atoms with Crippen molar-refractivity contribution in [1.82, 2.24) is 4.72 Å². The van der Waals surface area contributed by atoms with E-state index in [2.05, 4.69) is 4.72 Å². The number of nitrogens with one attached hydrogen (secondary N) is 1. The molecule has 0 fully saturated rings. The second-order valence-electron chi connectivity index (χ2n) is 3.98. The van der Waals surface area contributed by atoms with Crippen LogP contribution in [0.25, 0.3) is 0 Å². The zero-order chi connectivity index (χ0) is 14.6. The van der Waals surface area contributed by atoms with Gasteiger partial charge in [0.05, 0.1) is 16.7 Å². The Labute approximate surface area is 115 Å². The van der Waals surface area contributed by atoms with Crippen molar-refractivity contribution in [2.75, 3.05) is 6.54 Å². The fraction of sp³-hybridized carbons (Fsp3) is 0.154. The van der Waals surface area contributed by atoms with Gasteiger partial charge in [-0.25, -0.2) is 17.5 Å². The van der Waals surface area contributed by atoms with Crippen molar-refractivity contribution in [2.45, 2.75) is 11.3 Å². The smallest absolute Gasteiger partial charge is 0.240 e. The second kappa shape index (κ2) is 5.86. The van der Waals surface area contributed by atoms with Gasteiger partial charge in [0.2, 0.25) is 10.0 Å². The van der Waals surface area contributed by atoms with Crippen LogP contribution in [0.1, 0.15) is 11.3 Å². The summed E-state index contributed by atoms with van der Waals surface area (Å²) in [6.07, 6.45) is 1.90. The fourth-order valence-corrected chi connectivity index (χ4v) is 2.66. The molecule has 0 aliphatic rings. The molecule has 0 atom stereocenters. The lowest BCUT2D eigenvalue weighted by Gasteiger charge is -2.06. The van der Waals surface area contributed by atoms with Gasteiger partial charge in [0.25, 0.3) is 0 Å². The molecule has 0 aliphatic carbocycles. The first-order valence-electron chi connectivity index (χ1n) is 5.74. The molecule has 0 saturated heterocycles. The number of furan rings is 1. The Morgan fingerprint density at radius 1 is 1.35 bits per heavy atom. The molecule has 0 saturated carbocycles. The SMILES string of the molecule is N#Cc1cc(S(=O)(=O)NCCc2ccco2)ccc1F. The van der Waals surface area contributed by atoms with Crippen molar-refractivity contribution < 1.29 is 17.2 Å². The highest BCUT2D eigenvalue weighted by atomic mass is 32.2. The molecule has 2 rings (SSSR count). The summed E-state index contributed by atoms with van der Waals surface area (Å²) in [6, 6.07) is 8.13. The Morgan fingerprint density at radius 2 is 2.15 bits per heavy atom. The molecule has 1 N–H and O–H groups in total. The predicted octanol–water partition coefficient (Wildman–Crippen LogP) is 1.81. The predicted molar refractivity (Wildman–Crippen MR) is 68.7 cm³/mol. The molecule has 0 spiro atoms. The van der Waals surface area contributed by atoms with E-state index < -0.39 is 15.8 Å². The van der Waals surface area contributed by atoms with E-state index in [4.69, 9.17) is 9.68 Å². The van der Waals surface area contributed by atoms with Crippen LogP contribution in [-0.4, -0.2) is 15.0 Å². The maximum Gasteiger partial charge on any atom is 0.240 e. The Balaban J connectivity index is 2.08. The van der Waals surface area contributed by atoms with Crippen LogP contribution in [0.2, 0.25) is 0 Å². The van der Waals surface area contributed by atoms with Gasteiger partial charge in [0, 0.05) is 13.0 Å². The topological polar surface area (TPSA) is 83.1 Å². The van der Waals surface area contributed by atoms with E-state index in [0.29, 0.717) is 12.2 Å². The molecule has 0 aliphatic heterocycles. The fourth-order valence-electron chi connectivity index (χ4n) is 1.60. The number of nitrogens with zero attached hydrogens (tertiary/aromatic N) is 1. The van der Waals surface area contributed by atoms with Crippen LogP contribution in [0.15, 0.2) is 45.9 Å². The summed E-state index contributed by atoms with van der Waals surface area (Å²) in [5.41, 5.74) is -0.307. The Bertz CT molecular complexity index is 733. The van der Waals surface area contributed by atoms with Gasteiger partial charge in [0.1, 0.15) is 17.6 Å². The van der Waals surface area contributed by atoms with Gasteiger partial charge in [-0.05, 0) is 30.3 Å². The third-order valence-corrected chi connectivity index (χ3v) is 4.07. The van der Waals surface area contributed by atoms with Crippen LogP contribution in [-0.2, 0) is 16.4 Å². The molecule has 0 unspecified atom stereocenters. The lowest BCUT2D eigenvalue weighted by atomic mass is 10.2. The Morgan fingerprint density at radius 3 is 2.80 bits per heavy atom. The van der Waals surface area contributed by atoms with Crippen LogP contribution in [0.5, 0.6) is 0 Å². The van der Waals surface area contributed by atoms with Crippen molar-refractivity contribution in [3.8, 4) is 6.07 Å². The summed E-state index contributed by atoms with van der Waals surface area (Å²) in [4.78, 5) is -0.144. The zero-order valence-electron chi connectivity index (χ0n) is 10.3. The van der Waals surface area contributed by atoms with E-state index in [9.17, 15) is 12.8 Å².